The highest BCUT2D eigenvalue weighted by atomic mass is 79.9. The molecule has 0 saturated heterocycles. The van der Waals surface area contributed by atoms with Crippen LogP contribution in [0.4, 0.5) is 8.78 Å². The molecule has 0 heterocycles. The highest BCUT2D eigenvalue weighted by Crippen LogP contribution is 2.31. The molecule has 0 saturated carbocycles. The van der Waals surface area contributed by atoms with Crippen LogP contribution in [0.15, 0.2) is 45.3 Å². The van der Waals surface area contributed by atoms with E-state index in [9.17, 15) is 13.9 Å². The van der Waals surface area contributed by atoms with Gasteiger partial charge in [0.1, 0.15) is 6.10 Å². The molecule has 1 unspecified atom stereocenters. The van der Waals surface area contributed by atoms with E-state index in [0.717, 1.165) is 16.6 Å². The molecule has 0 aliphatic carbocycles. The van der Waals surface area contributed by atoms with Gasteiger partial charge in [-0.1, -0.05) is 44.0 Å². The highest BCUT2D eigenvalue weighted by Gasteiger charge is 2.15. The van der Waals surface area contributed by atoms with Crippen molar-refractivity contribution in [2.24, 2.45) is 0 Å². The molecular formula is C13H8Br2F2O. The van der Waals surface area contributed by atoms with Crippen LogP contribution in [-0.4, -0.2) is 5.11 Å². The quantitative estimate of drug-likeness (QED) is 0.812. The van der Waals surface area contributed by atoms with Crippen LogP contribution < -0.4 is 0 Å². The first kappa shape index (κ1) is 13.6. The van der Waals surface area contributed by atoms with Crippen LogP contribution >= 0.6 is 31.9 Å². The molecule has 2 aromatic rings. The third kappa shape index (κ3) is 2.79. The molecule has 0 radical (unpaired) electrons. The Morgan fingerprint density at radius 1 is 0.944 bits per heavy atom. The minimum atomic E-state index is -1.01. The maximum atomic E-state index is 13.1. The van der Waals surface area contributed by atoms with E-state index in [2.05, 4.69) is 31.9 Å². The van der Waals surface area contributed by atoms with Crippen LogP contribution in [-0.2, 0) is 0 Å². The van der Waals surface area contributed by atoms with Crippen LogP contribution in [0.3, 0.4) is 0 Å². The van der Waals surface area contributed by atoms with Gasteiger partial charge < -0.3 is 5.11 Å². The lowest BCUT2D eigenvalue weighted by Gasteiger charge is -2.13. The van der Waals surface area contributed by atoms with Gasteiger partial charge in [-0.05, 0) is 35.4 Å². The molecule has 0 spiro atoms. The molecule has 1 nitrogen and oxygen atoms in total. The van der Waals surface area contributed by atoms with Crippen molar-refractivity contribution in [1.29, 1.82) is 0 Å². The van der Waals surface area contributed by atoms with Gasteiger partial charge >= 0.3 is 0 Å². The minimum Gasteiger partial charge on any atom is -0.384 e. The molecule has 18 heavy (non-hydrogen) atoms. The van der Waals surface area contributed by atoms with Crippen molar-refractivity contribution in [3.05, 3.63) is 68.1 Å². The Bertz CT molecular complexity index is 587. The average Bonchev–Trinajstić information content (AvgIpc) is 2.32. The lowest BCUT2D eigenvalue weighted by molar-refractivity contribution is 0.218. The van der Waals surface area contributed by atoms with Crippen LogP contribution in [0, 0.1) is 11.6 Å². The lowest BCUT2D eigenvalue weighted by atomic mass is 10.0. The van der Waals surface area contributed by atoms with E-state index in [1.54, 1.807) is 18.2 Å². The fraction of sp³-hybridized carbons (Fsp3) is 0.0769. The summed E-state index contributed by atoms with van der Waals surface area (Å²) in [4.78, 5) is 0. The Morgan fingerprint density at radius 3 is 2.28 bits per heavy atom. The fourth-order valence-corrected chi connectivity index (χ4v) is 2.85. The summed E-state index contributed by atoms with van der Waals surface area (Å²) in [6, 6.07) is 8.61. The first-order valence-corrected chi connectivity index (χ1v) is 6.65. The largest absolute Gasteiger partial charge is 0.384 e. The third-order valence-corrected chi connectivity index (χ3v) is 3.70. The van der Waals surface area contributed by atoms with Gasteiger partial charge in [0, 0.05) is 8.95 Å². The minimum absolute atomic E-state index is 0.303. The number of benzene rings is 2. The van der Waals surface area contributed by atoms with Gasteiger partial charge in [-0.15, -0.1) is 0 Å². The Balaban J connectivity index is 2.41. The van der Waals surface area contributed by atoms with Gasteiger partial charge in [0.05, 0.1) is 0 Å². The fourth-order valence-electron chi connectivity index (χ4n) is 1.59. The molecule has 0 aliphatic heterocycles. The topological polar surface area (TPSA) is 20.2 Å². The normalized spacial score (nSPS) is 12.5. The molecule has 2 rings (SSSR count). The summed E-state index contributed by atoms with van der Waals surface area (Å²) in [5.41, 5.74) is 0.890. The Kier molecular flexibility index (Phi) is 4.14. The standard InChI is InChI=1S/C13H8Br2F2O/c14-8-2-3-9(10(15)6-8)13(18)7-1-4-11(16)12(17)5-7/h1-6,13,18H. The molecule has 0 aromatic heterocycles. The van der Waals surface area contributed by atoms with E-state index < -0.39 is 17.7 Å². The zero-order valence-corrected chi connectivity index (χ0v) is 12.2. The summed E-state index contributed by atoms with van der Waals surface area (Å²) < 4.78 is 27.5. The van der Waals surface area contributed by atoms with Gasteiger partial charge in [-0.2, -0.15) is 0 Å². The summed E-state index contributed by atoms with van der Waals surface area (Å²) in [6.45, 7) is 0. The van der Waals surface area contributed by atoms with E-state index in [4.69, 9.17) is 0 Å². The molecule has 0 aliphatic rings. The SMILES string of the molecule is OC(c1ccc(F)c(F)c1)c1ccc(Br)cc1Br. The van der Waals surface area contributed by atoms with E-state index in [-0.39, 0.29) is 0 Å². The number of rotatable bonds is 2. The van der Waals surface area contributed by atoms with Crippen molar-refractivity contribution in [2.45, 2.75) is 6.10 Å². The number of aliphatic hydroxyl groups excluding tert-OH is 1. The summed E-state index contributed by atoms with van der Waals surface area (Å²) in [6.07, 6.45) is -1.01. The second-order valence-electron chi connectivity index (χ2n) is 3.74. The highest BCUT2D eigenvalue weighted by molar-refractivity contribution is 9.11. The molecule has 0 fully saturated rings. The van der Waals surface area contributed by atoms with Gasteiger partial charge in [-0.25, -0.2) is 8.78 Å². The van der Waals surface area contributed by atoms with Gasteiger partial charge in [0.2, 0.25) is 0 Å². The summed E-state index contributed by atoms with van der Waals surface area (Å²) in [5, 5.41) is 10.1. The Hall–Kier alpha value is -0.780. The zero-order chi connectivity index (χ0) is 13.3. The molecule has 0 bridgehead atoms. The van der Waals surface area contributed by atoms with Crippen molar-refractivity contribution in [3.63, 3.8) is 0 Å². The van der Waals surface area contributed by atoms with E-state index in [1.165, 1.54) is 6.07 Å². The van der Waals surface area contributed by atoms with Gasteiger partial charge in [0.15, 0.2) is 11.6 Å². The maximum Gasteiger partial charge on any atom is 0.159 e. The molecular weight excluding hydrogens is 370 g/mol. The number of halogens is 4. The average molecular weight is 378 g/mol. The molecule has 94 valence electrons. The second-order valence-corrected chi connectivity index (χ2v) is 5.51. The van der Waals surface area contributed by atoms with Crippen molar-refractivity contribution in [3.8, 4) is 0 Å². The van der Waals surface area contributed by atoms with Crippen LogP contribution in [0.2, 0.25) is 0 Å². The van der Waals surface area contributed by atoms with Crippen LogP contribution in [0.25, 0.3) is 0 Å². The Labute approximate surface area is 120 Å². The number of hydrogen-bond donors (Lipinski definition) is 1. The smallest absolute Gasteiger partial charge is 0.159 e. The number of hydrogen-bond acceptors (Lipinski definition) is 1. The predicted molar refractivity (Wildman–Crippen MR) is 72.3 cm³/mol. The first-order chi connectivity index (χ1) is 8.49. The van der Waals surface area contributed by atoms with E-state index in [1.807, 2.05) is 0 Å². The predicted octanol–water partition coefficient (Wildman–Crippen LogP) is 4.57. The molecule has 2 aromatic carbocycles. The molecule has 1 N–H and O–H groups in total. The third-order valence-electron chi connectivity index (χ3n) is 2.52. The van der Waals surface area contributed by atoms with Gasteiger partial charge in [-0.3, -0.25) is 0 Å². The second kappa shape index (κ2) is 5.47. The van der Waals surface area contributed by atoms with Crippen molar-refractivity contribution in [2.75, 3.05) is 0 Å². The summed E-state index contributed by atoms with van der Waals surface area (Å²) >= 11 is 6.62. The van der Waals surface area contributed by atoms with Crippen molar-refractivity contribution in [1.82, 2.24) is 0 Å². The van der Waals surface area contributed by atoms with Crippen LogP contribution in [0.1, 0.15) is 17.2 Å². The van der Waals surface area contributed by atoms with E-state index >= 15 is 0 Å². The monoisotopic (exact) mass is 376 g/mol. The summed E-state index contributed by atoms with van der Waals surface area (Å²) in [5.74, 6) is -1.90. The van der Waals surface area contributed by atoms with Crippen LogP contribution in [0.5, 0.6) is 0 Å². The molecule has 1 atom stereocenters. The molecule has 0 amide bonds. The van der Waals surface area contributed by atoms with Gasteiger partial charge in [0.25, 0.3) is 0 Å². The van der Waals surface area contributed by atoms with Crippen molar-refractivity contribution < 1.29 is 13.9 Å². The zero-order valence-electron chi connectivity index (χ0n) is 9.00. The lowest BCUT2D eigenvalue weighted by Crippen LogP contribution is -2.02. The van der Waals surface area contributed by atoms with E-state index in [0.29, 0.717) is 15.6 Å². The Morgan fingerprint density at radius 2 is 1.67 bits per heavy atom. The molecule has 5 heteroatoms. The number of aliphatic hydroxyl groups is 1. The first-order valence-electron chi connectivity index (χ1n) is 5.07. The maximum absolute atomic E-state index is 13.1. The summed E-state index contributed by atoms with van der Waals surface area (Å²) in [7, 11) is 0. The van der Waals surface area contributed by atoms with Crippen molar-refractivity contribution >= 4 is 31.9 Å².